The van der Waals surface area contributed by atoms with Gasteiger partial charge in [0.25, 0.3) is 0 Å². The number of hydrogen-bond donors (Lipinski definition) is 0. The van der Waals surface area contributed by atoms with Gasteiger partial charge in [0.1, 0.15) is 0 Å². The number of carbonyl (C=O) groups excluding carboxylic acids is 1. The van der Waals surface area contributed by atoms with Gasteiger partial charge in [0.05, 0.1) is 0 Å². The Morgan fingerprint density at radius 2 is 2.06 bits per heavy atom. The van der Waals surface area contributed by atoms with Gasteiger partial charge in [0, 0.05) is 26.6 Å². The summed E-state index contributed by atoms with van der Waals surface area (Å²) in [6, 6.07) is 3.65. The topological polar surface area (TPSA) is 33.5 Å². The van der Waals surface area contributed by atoms with Gasteiger partial charge in [0.15, 0.2) is 17.4 Å². The number of carbonyl (C=O) groups is 1. The first-order chi connectivity index (χ1) is 8.16. The average molecular weight is 235 g/mol. The summed E-state index contributed by atoms with van der Waals surface area (Å²) in [5, 5.41) is 0. The van der Waals surface area contributed by atoms with Gasteiger partial charge in [-0.2, -0.15) is 0 Å². The molecular formula is C14H21NO2. The lowest BCUT2D eigenvalue weighted by atomic mass is 9.89. The lowest BCUT2D eigenvalue weighted by Crippen LogP contribution is -2.26. The lowest BCUT2D eigenvalue weighted by Gasteiger charge is -2.26. The Bertz CT molecular complexity index is 377. The van der Waals surface area contributed by atoms with Crippen molar-refractivity contribution in [3.05, 3.63) is 17.9 Å². The summed E-state index contributed by atoms with van der Waals surface area (Å²) in [7, 11) is 2.04. The minimum absolute atomic E-state index is 0.0117. The molecule has 0 aromatic carbocycles. The Morgan fingerprint density at radius 1 is 1.35 bits per heavy atom. The first-order valence-electron chi connectivity index (χ1n) is 6.48. The molecule has 0 bridgehead atoms. The van der Waals surface area contributed by atoms with Crippen LogP contribution >= 0.6 is 0 Å². The van der Waals surface area contributed by atoms with E-state index in [1.165, 1.54) is 39.0 Å². The number of hydrogen-bond acceptors (Lipinski definition) is 3. The van der Waals surface area contributed by atoms with Crippen LogP contribution in [0.15, 0.2) is 16.5 Å². The Kier molecular flexibility index (Phi) is 3.87. The van der Waals surface area contributed by atoms with Crippen molar-refractivity contribution in [2.24, 2.45) is 5.92 Å². The lowest BCUT2D eigenvalue weighted by molar-refractivity contribution is 0.0988. The van der Waals surface area contributed by atoms with Gasteiger partial charge in [-0.15, -0.1) is 0 Å². The third kappa shape index (κ3) is 3.11. The van der Waals surface area contributed by atoms with E-state index in [1.807, 2.05) is 13.1 Å². The fourth-order valence-corrected chi connectivity index (χ4v) is 2.57. The molecule has 17 heavy (non-hydrogen) atoms. The predicted octanol–water partition coefficient (Wildman–Crippen LogP) is 3.50. The molecule has 1 aromatic rings. The number of anilines is 1. The molecule has 2 rings (SSSR count). The molecule has 0 amide bonds. The van der Waals surface area contributed by atoms with Gasteiger partial charge < -0.3 is 9.32 Å². The van der Waals surface area contributed by atoms with Crippen molar-refractivity contribution in [3.8, 4) is 0 Å². The molecule has 1 fully saturated rings. The van der Waals surface area contributed by atoms with E-state index in [0.29, 0.717) is 5.76 Å². The first kappa shape index (κ1) is 12.2. The van der Waals surface area contributed by atoms with Crippen molar-refractivity contribution in [3.63, 3.8) is 0 Å². The fraction of sp³-hybridized carbons (Fsp3) is 0.643. The second-order valence-electron chi connectivity index (χ2n) is 5.08. The van der Waals surface area contributed by atoms with Gasteiger partial charge in [-0.25, -0.2) is 0 Å². The quantitative estimate of drug-likeness (QED) is 0.749. The van der Waals surface area contributed by atoms with Gasteiger partial charge >= 0.3 is 0 Å². The highest BCUT2D eigenvalue weighted by Gasteiger charge is 2.17. The maximum atomic E-state index is 11.2. The second-order valence-corrected chi connectivity index (χ2v) is 5.08. The van der Waals surface area contributed by atoms with Gasteiger partial charge in [0.2, 0.25) is 0 Å². The summed E-state index contributed by atoms with van der Waals surface area (Å²) in [6.45, 7) is 2.56. The van der Waals surface area contributed by atoms with Crippen LogP contribution in [0.5, 0.6) is 0 Å². The number of furan rings is 1. The highest BCUT2D eigenvalue weighted by atomic mass is 16.4. The van der Waals surface area contributed by atoms with E-state index in [4.69, 9.17) is 4.42 Å². The maximum absolute atomic E-state index is 11.2. The Morgan fingerprint density at radius 3 is 2.65 bits per heavy atom. The monoisotopic (exact) mass is 235 g/mol. The molecule has 1 heterocycles. The summed E-state index contributed by atoms with van der Waals surface area (Å²) < 4.78 is 5.52. The molecule has 1 aliphatic rings. The standard InChI is InChI=1S/C14H21NO2/c1-11(16)13-8-9-14(17-13)15(2)10-12-6-4-3-5-7-12/h8-9,12H,3-7,10H2,1-2H3. The number of rotatable bonds is 4. The van der Waals surface area contributed by atoms with Crippen LogP contribution < -0.4 is 4.90 Å². The molecule has 0 spiro atoms. The van der Waals surface area contributed by atoms with Gasteiger partial charge in [-0.1, -0.05) is 19.3 Å². The number of Topliss-reactive ketones (excluding diaryl/α,β-unsaturated/α-hetero) is 1. The summed E-state index contributed by atoms with van der Waals surface area (Å²) >= 11 is 0. The Balaban J connectivity index is 1.93. The van der Waals surface area contributed by atoms with Crippen molar-refractivity contribution < 1.29 is 9.21 Å². The van der Waals surface area contributed by atoms with E-state index in [-0.39, 0.29) is 5.78 Å². The van der Waals surface area contributed by atoms with Crippen LogP contribution in [0.4, 0.5) is 5.88 Å². The van der Waals surface area contributed by atoms with Crippen LogP contribution in [0, 0.1) is 5.92 Å². The largest absolute Gasteiger partial charge is 0.437 e. The van der Waals surface area contributed by atoms with Gasteiger partial charge in [-0.3, -0.25) is 4.79 Å². The van der Waals surface area contributed by atoms with Crippen LogP contribution in [-0.2, 0) is 0 Å². The fourth-order valence-electron chi connectivity index (χ4n) is 2.57. The smallest absolute Gasteiger partial charge is 0.196 e. The van der Waals surface area contributed by atoms with Crippen LogP contribution in [0.2, 0.25) is 0 Å². The molecule has 1 saturated carbocycles. The number of nitrogens with zero attached hydrogens (tertiary/aromatic N) is 1. The van der Waals surface area contributed by atoms with Crippen molar-refractivity contribution in [1.29, 1.82) is 0 Å². The minimum Gasteiger partial charge on any atom is -0.437 e. The van der Waals surface area contributed by atoms with Crippen LogP contribution in [0.3, 0.4) is 0 Å². The summed E-state index contributed by atoms with van der Waals surface area (Å²) in [6.07, 6.45) is 6.75. The van der Waals surface area contributed by atoms with E-state index < -0.39 is 0 Å². The number of ketones is 1. The van der Waals surface area contributed by atoms with Crippen LogP contribution in [0.1, 0.15) is 49.6 Å². The molecule has 3 nitrogen and oxygen atoms in total. The first-order valence-corrected chi connectivity index (χ1v) is 6.48. The highest BCUT2D eigenvalue weighted by Crippen LogP contribution is 2.26. The third-order valence-corrected chi connectivity index (χ3v) is 3.57. The molecule has 1 aliphatic carbocycles. The Labute approximate surface area is 103 Å². The minimum atomic E-state index is -0.0117. The zero-order chi connectivity index (χ0) is 12.3. The van der Waals surface area contributed by atoms with E-state index in [2.05, 4.69) is 4.90 Å². The second kappa shape index (κ2) is 5.39. The van der Waals surface area contributed by atoms with E-state index in [0.717, 1.165) is 18.3 Å². The normalized spacial score (nSPS) is 17.1. The molecular weight excluding hydrogens is 214 g/mol. The molecule has 0 atom stereocenters. The molecule has 0 unspecified atom stereocenters. The molecule has 0 radical (unpaired) electrons. The average Bonchev–Trinajstić information content (AvgIpc) is 2.79. The van der Waals surface area contributed by atoms with Crippen molar-refractivity contribution in [2.45, 2.75) is 39.0 Å². The molecule has 0 saturated heterocycles. The van der Waals surface area contributed by atoms with Crippen LogP contribution in [-0.4, -0.2) is 19.4 Å². The third-order valence-electron chi connectivity index (χ3n) is 3.57. The molecule has 0 aliphatic heterocycles. The van der Waals surface area contributed by atoms with Crippen LogP contribution in [0.25, 0.3) is 0 Å². The summed E-state index contributed by atoms with van der Waals surface area (Å²) in [5.41, 5.74) is 0. The molecule has 94 valence electrons. The van der Waals surface area contributed by atoms with Crippen molar-refractivity contribution in [1.82, 2.24) is 0 Å². The zero-order valence-corrected chi connectivity index (χ0v) is 10.7. The van der Waals surface area contributed by atoms with Gasteiger partial charge in [-0.05, 0) is 24.8 Å². The van der Waals surface area contributed by atoms with E-state index in [9.17, 15) is 4.79 Å². The Hall–Kier alpha value is -1.25. The maximum Gasteiger partial charge on any atom is 0.196 e. The van der Waals surface area contributed by atoms with Crippen molar-refractivity contribution >= 4 is 11.7 Å². The summed E-state index contributed by atoms with van der Waals surface area (Å²) in [4.78, 5) is 13.3. The molecule has 3 heteroatoms. The van der Waals surface area contributed by atoms with E-state index in [1.54, 1.807) is 6.07 Å². The SMILES string of the molecule is CC(=O)c1ccc(N(C)CC2CCCCC2)o1. The van der Waals surface area contributed by atoms with E-state index >= 15 is 0 Å². The zero-order valence-electron chi connectivity index (χ0n) is 10.7. The summed E-state index contributed by atoms with van der Waals surface area (Å²) in [5.74, 6) is 2.03. The highest BCUT2D eigenvalue weighted by molar-refractivity contribution is 5.91. The molecule has 0 N–H and O–H groups in total. The molecule has 1 aromatic heterocycles. The van der Waals surface area contributed by atoms with Crippen molar-refractivity contribution in [2.75, 3.05) is 18.5 Å². The predicted molar refractivity (Wildman–Crippen MR) is 68.6 cm³/mol.